The van der Waals surface area contributed by atoms with Gasteiger partial charge in [0.15, 0.2) is 0 Å². The number of amides is 1. The van der Waals surface area contributed by atoms with Crippen molar-refractivity contribution in [3.05, 3.63) is 28.4 Å². The fourth-order valence-electron chi connectivity index (χ4n) is 3.85. The monoisotopic (exact) mass is 421 g/mol. The first-order valence-electron chi connectivity index (χ1n) is 8.79. The average Bonchev–Trinajstić information content (AvgIpc) is 2.91. The van der Waals surface area contributed by atoms with Gasteiger partial charge >= 0.3 is 5.97 Å². The third-order valence-electron chi connectivity index (χ3n) is 4.73. The van der Waals surface area contributed by atoms with Crippen molar-refractivity contribution < 1.29 is 14.3 Å². The number of nitrogens with zero attached hydrogens (tertiary/aromatic N) is 1. The van der Waals surface area contributed by atoms with Crippen molar-refractivity contribution in [2.24, 2.45) is 11.8 Å². The molecule has 2 heterocycles. The van der Waals surface area contributed by atoms with Crippen LogP contribution in [0.5, 0.6) is 0 Å². The molecule has 2 atom stereocenters. The molecule has 2 N–H and O–H groups in total. The molecule has 1 aliphatic rings. The van der Waals surface area contributed by atoms with Crippen LogP contribution in [0.3, 0.4) is 0 Å². The number of carbonyl (C=O) groups excluding carboxylic acids is 2. The van der Waals surface area contributed by atoms with E-state index >= 15 is 0 Å². The number of aromatic nitrogens is 1. The quantitative estimate of drug-likeness (QED) is 0.738. The molecule has 0 unspecified atom stereocenters. The van der Waals surface area contributed by atoms with Crippen LogP contribution in [-0.4, -0.2) is 48.5 Å². The van der Waals surface area contributed by atoms with Gasteiger partial charge in [-0.05, 0) is 36.5 Å². The van der Waals surface area contributed by atoms with Gasteiger partial charge in [-0.15, -0.1) is 0 Å². The zero-order chi connectivity index (χ0) is 18.8. The van der Waals surface area contributed by atoms with Gasteiger partial charge in [-0.1, -0.05) is 29.8 Å². The van der Waals surface area contributed by atoms with Crippen LogP contribution in [0, 0.1) is 11.8 Å². The molecule has 1 aromatic heterocycles. The van der Waals surface area contributed by atoms with Crippen molar-refractivity contribution in [1.82, 2.24) is 9.88 Å². The van der Waals surface area contributed by atoms with E-state index in [4.69, 9.17) is 4.74 Å². The normalized spacial score (nSPS) is 20.9. The van der Waals surface area contributed by atoms with E-state index in [0.29, 0.717) is 24.1 Å². The van der Waals surface area contributed by atoms with E-state index in [2.05, 4.69) is 45.0 Å². The highest BCUT2D eigenvalue weighted by Gasteiger charge is 2.25. The summed E-state index contributed by atoms with van der Waals surface area (Å²) in [5.74, 6) is 0.535. The molecule has 7 heteroatoms. The Morgan fingerprint density at radius 3 is 2.65 bits per heavy atom. The summed E-state index contributed by atoms with van der Waals surface area (Å²) in [7, 11) is 1.33. The van der Waals surface area contributed by atoms with E-state index in [9.17, 15) is 9.59 Å². The second-order valence-corrected chi connectivity index (χ2v) is 8.16. The van der Waals surface area contributed by atoms with E-state index in [0.717, 1.165) is 28.5 Å². The third-order valence-corrected chi connectivity index (χ3v) is 5.22. The topological polar surface area (TPSA) is 74.4 Å². The van der Waals surface area contributed by atoms with Gasteiger partial charge in [-0.25, -0.2) is 4.79 Å². The Balaban J connectivity index is 1.83. The van der Waals surface area contributed by atoms with Gasteiger partial charge in [0, 0.05) is 28.5 Å². The SMILES string of the molecule is COC(=O)c1[nH]c2ccc(Br)cc2c1NC(=O)CN1C[C@H](C)C[C@@H](C)C1. The van der Waals surface area contributed by atoms with Gasteiger partial charge in [0.1, 0.15) is 5.69 Å². The summed E-state index contributed by atoms with van der Waals surface area (Å²) in [6.07, 6.45) is 1.20. The number of nitrogens with one attached hydrogen (secondary N) is 2. The van der Waals surface area contributed by atoms with E-state index in [-0.39, 0.29) is 11.6 Å². The van der Waals surface area contributed by atoms with E-state index in [1.807, 2.05) is 18.2 Å². The summed E-state index contributed by atoms with van der Waals surface area (Å²) in [4.78, 5) is 30.0. The molecule has 1 amide bonds. The molecule has 1 fully saturated rings. The Bertz CT molecular complexity index is 823. The molecule has 1 saturated heterocycles. The Morgan fingerprint density at radius 2 is 2.00 bits per heavy atom. The number of ether oxygens (including phenoxy) is 1. The maximum atomic E-state index is 12.7. The minimum atomic E-state index is -0.507. The standard InChI is InChI=1S/C19H24BrN3O3/c1-11-6-12(2)9-23(8-11)10-16(24)22-17-14-7-13(20)4-5-15(14)21-18(17)19(25)26-3/h4-5,7,11-12,21H,6,8-10H2,1-3H3,(H,22,24)/t11-,12-/m1/s1. The first-order valence-corrected chi connectivity index (χ1v) is 9.58. The lowest BCUT2D eigenvalue weighted by Crippen LogP contribution is -2.42. The van der Waals surface area contributed by atoms with Gasteiger partial charge in [0.05, 0.1) is 19.3 Å². The van der Waals surface area contributed by atoms with Crippen molar-refractivity contribution in [2.75, 3.05) is 32.1 Å². The molecule has 0 radical (unpaired) electrons. The number of piperidine rings is 1. The highest BCUT2D eigenvalue weighted by atomic mass is 79.9. The minimum absolute atomic E-state index is 0.127. The van der Waals surface area contributed by atoms with Gasteiger partial charge in [-0.3, -0.25) is 9.69 Å². The van der Waals surface area contributed by atoms with Gasteiger partial charge < -0.3 is 15.0 Å². The zero-order valence-corrected chi connectivity index (χ0v) is 16.9. The van der Waals surface area contributed by atoms with Gasteiger partial charge in [0.2, 0.25) is 5.91 Å². The van der Waals surface area contributed by atoms with Crippen molar-refractivity contribution in [1.29, 1.82) is 0 Å². The van der Waals surface area contributed by atoms with Crippen LogP contribution >= 0.6 is 15.9 Å². The van der Waals surface area contributed by atoms with Crippen LogP contribution < -0.4 is 5.32 Å². The summed E-state index contributed by atoms with van der Waals surface area (Å²) in [5.41, 5.74) is 1.50. The van der Waals surface area contributed by atoms with Crippen LogP contribution in [-0.2, 0) is 9.53 Å². The number of benzene rings is 1. The van der Waals surface area contributed by atoms with Gasteiger partial charge in [0.25, 0.3) is 0 Å². The number of hydrogen-bond donors (Lipinski definition) is 2. The van der Waals surface area contributed by atoms with Crippen LogP contribution in [0.4, 0.5) is 5.69 Å². The number of rotatable bonds is 4. The average molecular weight is 422 g/mol. The molecular formula is C19H24BrN3O3. The van der Waals surface area contributed by atoms with Gasteiger partial charge in [-0.2, -0.15) is 0 Å². The minimum Gasteiger partial charge on any atom is -0.464 e. The molecule has 1 aromatic carbocycles. The number of anilines is 1. The number of likely N-dealkylation sites (tertiary alicyclic amines) is 1. The highest BCUT2D eigenvalue weighted by molar-refractivity contribution is 9.10. The Hall–Kier alpha value is -1.86. The lowest BCUT2D eigenvalue weighted by atomic mass is 9.92. The number of aromatic amines is 1. The first kappa shape index (κ1) is 18.9. The zero-order valence-electron chi connectivity index (χ0n) is 15.3. The number of esters is 1. The van der Waals surface area contributed by atoms with Crippen molar-refractivity contribution in [2.45, 2.75) is 20.3 Å². The predicted molar refractivity (Wildman–Crippen MR) is 105 cm³/mol. The Morgan fingerprint density at radius 1 is 1.31 bits per heavy atom. The highest BCUT2D eigenvalue weighted by Crippen LogP contribution is 2.31. The maximum absolute atomic E-state index is 12.7. The maximum Gasteiger partial charge on any atom is 0.356 e. The molecule has 1 aliphatic heterocycles. The first-order chi connectivity index (χ1) is 12.4. The molecule has 2 aromatic rings. The van der Waals surface area contributed by atoms with Crippen molar-refractivity contribution in [3.8, 4) is 0 Å². The van der Waals surface area contributed by atoms with E-state index in [1.165, 1.54) is 13.5 Å². The molecule has 0 saturated carbocycles. The number of fused-ring (bicyclic) bond motifs is 1. The smallest absolute Gasteiger partial charge is 0.356 e. The molecule has 0 bridgehead atoms. The fraction of sp³-hybridized carbons (Fsp3) is 0.474. The van der Waals surface area contributed by atoms with Crippen LogP contribution in [0.25, 0.3) is 10.9 Å². The second-order valence-electron chi connectivity index (χ2n) is 7.24. The van der Waals surface area contributed by atoms with Crippen LogP contribution in [0.15, 0.2) is 22.7 Å². The molecule has 6 nitrogen and oxygen atoms in total. The summed E-state index contributed by atoms with van der Waals surface area (Å²) < 4.78 is 5.72. The summed E-state index contributed by atoms with van der Waals surface area (Å²) in [6.45, 7) is 6.58. The molecule has 0 spiro atoms. The summed E-state index contributed by atoms with van der Waals surface area (Å²) in [5, 5.41) is 3.69. The molecule has 3 rings (SSSR count). The molecular weight excluding hydrogens is 398 g/mol. The second kappa shape index (κ2) is 7.80. The predicted octanol–water partition coefficient (Wildman–Crippen LogP) is 3.63. The molecule has 0 aliphatic carbocycles. The molecule has 26 heavy (non-hydrogen) atoms. The Kier molecular flexibility index (Phi) is 5.67. The fourth-order valence-corrected chi connectivity index (χ4v) is 4.21. The molecule has 140 valence electrons. The summed E-state index contributed by atoms with van der Waals surface area (Å²) >= 11 is 3.44. The lowest BCUT2D eigenvalue weighted by Gasteiger charge is -2.34. The largest absolute Gasteiger partial charge is 0.464 e. The van der Waals surface area contributed by atoms with E-state index < -0.39 is 5.97 Å². The number of halogens is 1. The van der Waals surface area contributed by atoms with Crippen LogP contribution in [0.1, 0.15) is 30.8 Å². The third kappa shape index (κ3) is 4.10. The van der Waals surface area contributed by atoms with E-state index in [1.54, 1.807) is 0 Å². The summed E-state index contributed by atoms with van der Waals surface area (Å²) in [6, 6.07) is 5.61. The Labute approximate surface area is 161 Å². The number of carbonyl (C=O) groups is 2. The number of H-pyrrole nitrogens is 1. The number of methoxy groups -OCH3 is 1. The van der Waals surface area contributed by atoms with Crippen molar-refractivity contribution >= 4 is 44.4 Å². The van der Waals surface area contributed by atoms with Crippen molar-refractivity contribution in [3.63, 3.8) is 0 Å². The number of hydrogen-bond acceptors (Lipinski definition) is 4. The lowest BCUT2D eigenvalue weighted by molar-refractivity contribution is -0.117. The van der Waals surface area contributed by atoms with Crippen LogP contribution in [0.2, 0.25) is 0 Å².